The van der Waals surface area contributed by atoms with Gasteiger partial charge < -0.3 is 15.1 Å². The predicted molar refractivity (Wildman–Crippen MR) is 112 cm³/mol. The van der Waals surface area contributed by atoms with Gasteiger partial charge in [0, 0.05) is 6.54 Å². The fourth-order valence-corrected chi connectivity index (χ4v) is 4.79. The molecule has 0 saturated carbocycles. The van der Waals surface area contributed by atoms with Crippen molar-refractivity contribution in [2.75, 3.05) is 19.6 Å². The Morgan fingerprint density at radius 2 is 1.67 bits per heavy atom. The summed E-state index contributed by atoms with van der Waals surface area (Å²) in [6, 6.07) is 16.4. The van der Waals surface area contributed by atoms with E-state index in [9.17, 15) is 10.2 Å². The maximum Gasteiger partial charge on any atom is 0.119 e. The minimum Gasteiger partial charge on any atom is -0.508 e. The minimum atomic E-state index is -0.452. The molecule has 1 heterocycles. The predicted octanol–water partition coefficient (Wildman–Crippen LogP) is 4.68. The van der Waals surface area contributed by atoms with Gasteiger partial charge in [-0.1, -0.05) is 42.5 Å². The standard InChI is InChI=1S/C23H29NO2.ClH/c25-22-8-4-7-20-21(22)10-9-17(15-23(20)26)16-24-13-11-19(12-14-24)18-5-2-1-3-6-18;/h1-8,17,19,23,25-26H,9-16H2;1H. The molecule has 1 fully saturated rings. The second-order valence-corrected chi connectivity index (χ2v) is 7.99. The van der Waals surface area contributed by atoms with Crippen LogP contribution in [0.2, 0.25) is 0 Å². The first-order valence-electron chi connectivity index (χ1n) is 9.97. The Labute approximate surface area is 168 Å². The van der Waals surface area contributed by atoms with Gasteiger partial charge in [0.25, 0.3) is 0 Å². The van der Waals surface area contributed by atoms with Gasteiger partial charge in [-0.2, -0.15) is 0 Å². The fraction of sp³-hybridized carbons (Fsp3) is 0.478. The van der Waals surface area contributed by atoms with Crippen molar-refractivity contribution in [3.63, 3.8) is 0 Å². The number of aliphatic hydroxyl groups is 1. The van der Waals surface area contributed by atoms with Crippen molar-refractivity contribution < 1.29 is 10.2 Å². The maximum atomic E-state index is 10.6. The van der Waals surface area contributed by atoms with Crippen LogP contribution < -0.4 is 0 Å². The molecule has 2 unspecified atom stereocenters. The zero-order valence-corrected chi connectivity index (χ0v) is 16.6. The van der Waals surface area contributed by atoms with Gasteiger partial charge in [-0.25, -0.2) is 0 Å². The quantitative estimate of drug-likeness (QED) is 0.751. The summed E-state index contributed by atoms with van der Waals surface area (Å²) in [5.74, 6) is 1.52. The number of fused-ring (bicyclic) bond motifs is 1. The molecule has 0 radical (unpaired) electrons. The molecule has 4 heteroatoms. The lowest BCUT2D eigenvalue weighted by Gasteiger charge is -2.34. The summed E-state index contributed by atoms with van der Waals surface area (Å²) in [5.41, 5.74) is 3.35. The van der Waals surface area contributed by atoms with E-state index in [4.69, 9.17) is 0 Å². The van der Waals surface area contributed by atoms with Crippen molar-refractivity contribution in [1.29, 1.82) is 0 Å². The molecular weight excluding hydrogens is 358 g/mol. The third-order valence-electron chi connectivity index (χ3n) is 6.28. The van der Waals surface area contributed by atoms with Crippen LogP contribution in [0.15, 0.2) is 48.5 Å². The van der Waals surface area contributed by atoms with Crippen LogP contribution in [0.4, 0.5) is 0 Å². The van der Waals surface area contributed by atoms with Crippen molar-refractivity contribution >= 4 is 12.4 Å². The zero-order chi connectivity index (χ0) is 17.9. The van der Waals surface area contributed by atoms with Crippen molar-refractivity contribution in [3.8, 4) is 5.75 Å². The molecule has 2 N–H and O–H groups in total. The Morgan fingerprint density at radius 3 is 2.41 bits per heavy atom. The lowest BCUT2D eigenvalue weighted by Crippen LogP contribution is -2.36. The van der Waals surface area contributed by atoms with Crippen LogP contribution in [-0.2, 0) is 6.42 Å². The van der Waals surface area contributed by atoms with Gasteiger partial charge in [-0.05, 0) is 79.8 Å². The number of phenolic OH excluding ortho intramolecular Hbond substituents is 1. The van der Waals surface area contributed by atoms with Gasteiger partial charge in [-0.3, -0.25) is 0 Å². The topological polar surface area (TPSA) is 43.7 Å². The highest BCUT2D eigenvalue weighted by Crippen LogP contribution is 2.37. The number of hydrogen-bond acceptors (Lipinski definition) is 3. The number of aromatic hydroxyl groups is 1. The largest absolute Gasteiger partial charge is 0.508 e. The summed E-state index contributed by atoms with van der Waals surface area (Å²) < 4.78 is 0. The summed E-state index contributed by atoms with van der Waals surface area (Å²) in [5, 5.41) is 20.7. The van der Waals surface area contributed by atoms with Crippen LogP contribution in [0.1, 0.15) is 54.4 Å². The average Bonchev–Trinajstić information content (AvgIpc) is 2.83. The summed E-state index contributed by atoms with van der Waals surface area (Å²) in [6.45, 7) is 3.35. The van der Waals surface area contributed by atoms with E-state index in [0.29, 0.717) is 17.6 Å². The van der Waals surface area contributed by atoms with E-state index in [1.54, 1.807) is 6.07 Å². The highest BCUT2D eigenvalue weighted by Gasteiger charge is 2.28. The van der Waals surface area contributed by atoms with Crippen LogP contribution in [-0.4, -0.2) is 34.7 Å². The Balaban J connectivity index is 0.00000210. The number of phenols is 1. The average molecular weight is 388 g/mol. The fourth-order valence-electron chi connectivity index (χ4n) is 4.79. The molecule has 146 valence electrons. The van der Waals surface area contributed by atoms with E-state index in [-0.39, 0.29) is 12.4 Å². The second-order valence-electron chi connectivity index (χ2n) is 7.99. The third-order valence-corrected chi connectivity index (χ3v) is 6.28. The first-order valence-corrected chi connectivity index (χ1v) is 9.97. The molecule has 4 rings (SSSR count). The third kappa shape index (κ3) is 4.66. The number of benzene rings is 2. The van der Waals surface area contributed by atoms with Crippen LogP contribution in [0.3, 0.4) is 0 Å². The van der Waals surface area contributed by atoms with Crippen LogP contribution >= 0.6 is 12.4 Å². The highest BCUT2D eigenvalue weighted by molar-refractivity contribution is 5.85. The highest BCUT2D eigenvalue weighted by atomic mass is 35.5. The van der Waals surface area contributed by atoms with Gasteiger partial charge >= 0.3 is 0 Å². The van der Waals surface area contributed by atoms with E-state index >= 15 is 0 Å². The molecule has 2 aromatic rings. The molecule has 27 heavy (non-hydrogen) atoms. The monoisotopic (exact) mass is 387 g/mol. The van der Waals surface area contributed by atoms with Crippen molar-refractivity contribution in [2.24, 2.45) is 5.92 Å². The molecule has 0 aromatic heterocycles. The summed E-state index contributed by atoms with van der Waals surface area (Å²) >= 11 is 0. The van der Waals surface area contributed by atoms with E-state index in [0.717, 1.165) is 50.0 Å². The molecule has 2 aromatic carbocycles. The molecule has 0 spiro atoms. The van der Waals surface area contributed by atoms with Gasteiger partial charge in [0.05, 0.1) is 6.10 Å². The summed E-state index contributed by atoms with van der Waals surface area (Å²) in [6.07, 6.45) is 4.70. The van der Waals surface area contributed by atoms with E-state index in [2.05, 4.69) is 35.2 Å². The number of halogens is 1. The smallest absolute Gasteiger partial charge is 0.119 e. The van der Waals surface area contributed by atoms with Crippen LogP contribution in [0, 0.1) is 5.92 Å². The number of piperidine rings is 1. The Bertz CT molecular complexity index is 728. The number of hydrogen-bond donors (Lipinski definition) is 2. The van der Waals surface area contributed by atoms with Crippen LogP contribution in [0.5, 0.6) is 5.75 Å². The second kappa shape index (κ2) is 9.09. The zero-order valence-electron chi connectivity index (χ0n) is 15.8. The van der Waals surface area contributed by atoms with E-state index in [1.165, 1.54) is 18.4 Å². The number of rotatable bonds is 3. The normalized spacial score (nSPS) is 23.9. The van der Waals surface area contributed by atoms with Gasteiger partial charge in [0.2, 0.25) is 0 Å². The molecule has 0 amide bonds. The Kier molecular flexibility index (Phi) is 6.80. The Morgan fingerprint density at radius 1 is 0.926 bits per heavy atom. The van der Waals surface area contributed by atoms with Crippen LogP contribution in [0.25, 0.3) is 0 Å². The lowest BCUT2D eigenvalue weighted by molar-refractivity contribution is 0.117. The molecule has 3 nitrogen and oxygen atoms in total. The van der Waals surface area contributed by atoms with Crippen molar-refractivity contribution in [2.45, 2.75) is 44.1 Å². The first-order chi connectivity index (χ1) is 12.7. The maximum absolute atomic E-state index is 10.6. The minimum absolute atomic E-state index is 0. The summed E-state index contributed by atoms with van der Waals surface area (Å²) in [7, 11) is 0. The number of aliphatic hydroxyl groups excluding tert-OH is 1. The van der Waals surface area contributed by atoms with E-state index in [1.807, 2.05) is 12.1 Å². The molecule has 1 saturated heterocycles. The van der Waals surface area contributed by atoms with Crippen molar-refractivity contribution in [3.05, 3.63) is 65.2 Å². The SMILES string of the molecule is Cl.Oc1cccc2c1CCC(CN1CCC(c3ccccc3)CC1)CC2O. The Hall–Kier alpha value is -1.55. The van der Waals surface area contributed by atoms with Crippen molar-refractivity contribution in [1.82, 2.24) is 4.90 Å². The molecule has 0 bridgehead atoms. The molecule has 2 atom stereocenters. The molecule has 1 aliphatic heterocycles. The lowest BCUT2D eigenvalue weighted by atomic mass is 9.88. The molecular formula is C23H30ClNO2. The van der Waals surface area contributed by atoms with Gasteiger partial charge in [0.1, 0.15) is 5.75 Å². The van der Waals surface area contributed by atoms with Gasteiger partial charge in [-0.15, -0.1) is 12.4 Å². The molecule has 2 aliphatic rings. The molecule has 1 aliphatic carbocycles. The summed E-state index contributed by atoms with van der Waals surface area (Å²) in [4.78, 5) is 2.58. The van der Waals surface area contributed by atoms with E-state index < -0.39 is 6.10 Å². The number of likely N-dealkylation sites (tertiary alicyclic amines) is 1. The van der Waals surface area contributed by atoms with Gasteiger partial charge in [0.15, 0.2) is 0 Å². The first kappa shape index (κ1) is 20.2. The number of nitrogens with zero attached hydrogens (tertiary/aromatic N) is 1.